The Morgan fingerprint density at radius 3 is 1.48 bits per heavy atom. The molecule has 0 unspecified atom stereocenters. The minimum atomic E-state index is -1.08. The van der Waals surface area contributed by atoms with Gasteiger partial charge in [-0.05, 0) is 50.3 Å². The van der Waals surface area contributed by atoms with E-state index in [9.17, 15) is 32.3 Å². The smallest absolute Gasteiger partial charge is 0.276 e. The molecule has 212 valence electrons. The van der Waals surface area contributed by atoms with Crippen molar-refractivity contribution in [3.8, 4) is 28.0 Å². The molecule has 13 heteroatoms. The number of benzene rings is 2. The van der Waals surface area contributed by atoms with Crippen molar-refractivity contribution in [3.63, 3.8) is 0 Å². The molecule has 0 aliphatic carbocycles. The highest BCUT2D eigenvalue weighted by atomic mass is 35.5. The predicted molar refractivity (Wildman–Crippen MR) is 143 cm³/mol. The summed E-state index contributed by atoms with van der Waals surface area (Å²) in [6, 6.07) is 3.56. The molecule has 0 saturated carbocycles. The molecular weight excluding hydrogens is 575 g/mol. The Morgan fingerprint density at radius 2 is 1.02 bits per heavy atom. The number of aromatic nitrogens is 4. The molecule has 4 heterocycles. The number of halogens is 6. The molecule has 2 aliphatic rings. The summed E-state index contributed by atoms with van der Waals surface area (Å²) in [5.41, 5.74) is -0.512. The number of aromatic hydroxyl groups is 1. The van der Waals surface area contributed by atoms with E-state index in [1.807, 2.05) is 0 Å². The van der Waals surface area contributed by atoms with Crippen molar-refractivity contribution >= 4 is 23.2 Å². The fourth-order valence-corrected chi connectivity index (χ4v) is 5.80. The monoisotopic (exact) mass is 598 g/mol. The number of aryl methyl sites for hydroxylation is 1. The van der Waals surface area contributed by atoms with Crippen LogP contribution in [0.4, 0.5) is 17.6 Å². The van der Waals surface area contributed by atoms with Crippen molar-refractivity contribution in [2.75, 3.05) is 0 Å². The van der Waals surface area contributed by atoms with Crippen LogP contribution in [0.2, 0.25) is 10.3 Å². The second-order valence-corrected chi connectivity index (χ2v) is 10.4. The second kappa shape index (κ2) is 10.9. The number of hydrogen-bond donors (Lipinski definition) is 1. The van der Waals surface area contributed by atoms with Crippen LogP contribution >= 0.6 is 23.2 Å². The zero-order valence-electron chi connectivity index (χ0n) is 21.3. The summed E-state index contributed by atoms with van der Waals surface area (Å²) >= 11 is 12.4. The maximum Gasteiger partial charge on any atom is 0.276 e. The summed E-state index contributed by atoms with van der Waals surface area (Å²) in [6.07, 6.45) is 3.55. The molecule has 4 aromatic rings. The molecule has 40 heavy (non-hydrogen) atoms. The predicted octanol–water partition coefficient (Wildman–Crippen LogP) is 6.10. The van der Waals surface area contributed by atoms with Crippen molar-refractivity contribution in [1.29, 1.82) is 0 Å². The maximum absolute atomic E-state index is 14.0. The summed E-state index contributed by atoms with van der Waals surface area (Å²) < 4.78 is 60.5. The highest BCUT2D eigenvalue weighted by Crippen LogP contribution is 2.33. The van der Waals surface area contributed by atoms with Crippen molar-refractivity contribution in [2.24, 2.45) is 0 Å². The van der Waals surface area contributed by atoms with Gasteiger partial charge in [-0.1, -0.05) is 23.2 Å². The largest absolute Gasteiger partial charge is 0.505 e. The highest BCUT2D eigenvalue weighted by Gasteiger charge is 2.26. The molecular formula is C27H24Cl2F4N4O3. The molecule has 0 bridgehead atoms. The Kier molecular flexibility index (Phi) is 7.62. The van der Waals surface area contributed by atoms with Crippen LogP contribution in [0.25, 0.3) is 22.3 Å². The third-order valence-electron chi connectivity index (χ3n) is 7.15. The first-order chi connectivity index (χ1) is 19.0. The van der Waals surface area contributed by atoms with E-state index in [-0.39, 0.29) is 43.7 Å². The van der Waals surface area contributed by atoms with E-state index in [0.29, 0.717) is 32.2 Å². The lowest BCUT2D eigenvalue weighted by Gasteiger charge is -2.17. The molecule has 0 spiro atoms. The van der Waals surface area contributed by atoms with Crippen molar-refractivity contribution in [2.45, 2.75) is 58.8 Å². The fraction of sp³-hybridized carbons (Fsp3) is 0.333. The van der Waals surface area contributed by atoms with Gasteiger partial charge in [0.2, 0.25) is 0 Å². The minimum absolute atomic E-state index is 0.0404. The third-order valence-corrected chi connectivity index (χ3v) is 7.92. The molecule has 2 aliphatic heterocycles. The van der Waals surface area contributed by atoms with Gasteiger partial charge in [-0.15, -0.1) is 0 Å². The van der Waals surface area contributed by atoms with Crippen LogP contribution in [-0.4, -0.2) is 23.8 Å². The number of phenols is 1. The Bertz CT molecular complexity index is 1630. The molecule has 0 atom stereocenters. The first-order valence-corrected chi connectivity index (χ1v) is 13.4. The van der Waals surface area contributed by atoms with E-state index in [4.69, 9.17) is 23.2 Å². The molecule has 0 amide bonds. The molecule has 0 fully saturated rings. The first-order valence-electron chi connectivity index (χ1n) is 12.6. The second-order valence-electron chi connectivity index (χ2n) is 9.71. The molecule has 0 saturated heterocycles. The maximum atomic E-state index is 14.0. The lowest BCUT2D eigenvalue weighted by molar-refractivity contribution is 0.356. The van der Waals surface area contributed by atoms with Crippen molar-refractivity contribution in [3.05, 3.63) is 84.1 Å². The summed E-state index contributed by atoms with van der Waals surface area (Å²) in [5.74, 6) is -4.12. The van der Waals surface area contributed by atoms with E-state index in [0.717, 1.165) is 37.8 Å². The van der Waals surface area contributed by atoms with Gasteiger partial charge in [0.15, 0.2) is 11.6 Å². The number of hydrogen-bond acceptors (Lipinski definition) is 3. The average molecular weight is 599 g/mol. The number of fused-ring (bicyclic) bond motifs is 2. The van der Waals surface area contributed by atoms with Gasteiger partial charge in [0.25, 0.3) is 11.1 Å². The third kappa shape index (κ3) is 4.75. The summed E-state index contributed by atoms with van der Waals surface area (Å²) in [4.78, 5) is 24.7. The quantitative estimate of drug-likeness (QED) is 0.283. The normalized spacial score (nSPS) is 14.4. The lowest BCUT2D eigenvalue weighted by Crippen LogP contribution is -2.27. The van der Waals surface area contributed by atoms with Crippen LogP contribution in [0.15, 0.2) is 33.9 Å². The Hall–Kier alpha value is -3.44. The zero-order chi connectivity index (χ0) is 28.9. The van der Waals surface area contributed by atoms with Crippen LogP contribution < -0.4 is 11.1 Å². The summed E-state index contributed by atoms with van der Waals surface area (Å²) in [6.45, 7) is 3.81. The van der Waals surface area contributed by atoms with Crippen LogP contribution in [0.1, 0.15) is 31.2 Å². The minimum Gasteiger partial charge on any atom is -0.505 e. The number of rotatable bonds is 2. The van der Waals surface area contributed by atoms with Gasteiger partial charge in [0.1, 0.15) is 27.8 Å². The van der Waals surface area contributed by atoms with E-state index < -0.39 is 34.6 Å². The molecule has 6 rings (SSSR count). The van der Waals surface area contributed by atoms with Crippen LogP contribution in [0.5, 0.6) is 5.75 Å². The van der Waals surface area contributed by atoms with Gasteiger partial charge >= 0.3 is 0 Å². The molecule has 0 radical (unpaired) electrons. The number of phenolic OH excluding ortho intramolecular Hbond substituents is 1. The van der Waals surface area contributed by atoms with Gasteiger partial charge in [-0.25, -0.2) is 26.9 Å². The Labute approximate surface area is 235 Å². The van der Waals surface area contributed by atoms with E-state index in [2.05, 4.69) is 0 Å². The highest BCUT2D eigenvalue weighted by molar-refractivity contribution is 6.32. The van der Waals surface area contributed by atoms with Gasteiger partial charge in [-0.3, -0.25) is 19.0 Å². The first kappa shape index (κ1) is 28.1. The SMILES string of the molecule is Cc1cc(-c2c(Cl)n3n(c2=O)CCCC3)c(F)cc1F.O=c1c(-c2cc(O)c(F)cc2F)c(Cl)n2n1CCCC2. The topological polar surface area (TPSA) is 74.1 Å². The lowest BCUT2D eigenvalue weighted by atomic mass is 10.1. The van der Waals surface area contributed by atoms with Crippen LogP contribution in [-0.2, 0) is 26.2 Å². The fourth-order valence-electron chi connectivity index (χ4n) is 5.08. The average Bonchev–Trinajstić information content (AvgIpc) is 3.33. The van der Waals surface area contributed by atoms with Gasteiger partial charge in [-0.2, -0.15) is 0 Å². The van der Waals surface area contributed by atoms with Gasteiger partial charge in [0.05, 0.1) is 11.1 Å². The molecule has 7 nitrogen and oxygen atoms in total. The summed E-state index contributed by atoms with van der Waals surface area (Å²) in [5, 5.41) is 9.70. The van der Waals surface area contributed by atoms with Crippen LogP contribution in [0.3, 0.4) is 0 Å². The molecule has 1 N–H and O–H groups in total. The molecule has 2 aromatic carbocycles. The number of nitrogens with zero attached hydrogens (tertiary/aromatic N) is 4. The van der Waals surface area contributed by atoms with Crippen molar-refractivity contribution < 1.29 is 22.7 Å². The van der Waals surface area contributed by atoms with Crippen LogP contribution in [0, 0.1) is 30.2 Å². The van der Waals surface area contributed by atoms with E-state index in [1.165, 1.54) is 22.4 Å². The van der Waals surface area contributed by atoms with Crippen molar-refractivity contribution in [1.82, 2.24) is 18.7 Å². The summed E-state index contributed by atoms with van der Waals surface area (Å²) in [7, 11) is 0. The Morgan fingerprint density at radius 1 is 0.625 bits per heavy atom. The Balaban J connectivity index is 0.000000161. The van der Waals surface area contributed by atoms with E-state index in [1.54, 1.807) is 9.36 Å². The standard InChI is InChI=1S/C14H13ClF2N2O.C13H11ClF2N2O2/c1-8-6-9(11(17)7-10(8)16)12-13(15)18-4-2-3-5-19(18)14(12)20;14-12-11(7-5-10(19)9(16)6-8(7)15)13(20)18-4-2-1-3-17(12)18/h6-7H,2-5H2,1H3;5-6,19H,1-4H2. The van der Waals surface area contributed by atoms with Gasteiger partial charge in [0, 0.05) is 49.4 Å². The molecule has 2 aromatic heterocycles. The zero-order valence-corrected chi connectivity index (χ0v) is 22.8. The van der Waals surface area contributed by atoms with Gasteiger partial charge < -0.3 is 5.11 Å². The van der Waals surface area contributed by atoms with E-state index >= 15 is 0 Å².